The summed E-state index contributed by atoms with van der Waals surface area (Å²) in [6.45, 7) is 5.44. The van der Waals surface area contributed by atoms with Gasteiger partial charge in [0.2, 0.25) is 29.5 Å². The Morgan fingerprint density at radius 1 is 0.855 bits per heavy atom. The Kier molecular flexibility index (Phi) is 19.5. The van der Waals surface area contributed by atoms with Crippen LogP contribution in [0, 0.1) is 27.4 Å². The number of primary amides is 1. The second-order valence-corrected chi connectivity index (χ2v) is 17.1. The number of nitrogens with one attached hydrogen (secondary N) is 4. The highest BCUT2D eigenvalue weighted by molar-refractivity contribution is 6.06. The van der Waals surface area contributed by atoms with Gasteiger partial charge in [-0.15, -0.1) is 0 Å². The molecular formula is C43H63N7O12. The monoisotopic (exact) mass is 869 g/mol. The number of methoxy groups -OCH3 is 1. The van der Waals surface area contributed by atoms with E-state index in [2.05, 4.69) is 26.0 Å². The minimum Gasteiger partial charge on any atom is -0.478 e. The summed E-state index contributed by atoms with van der Waals surface area (Å²) in [6, 6.07) is 0.389. The van der Waals surface area contributed by atoms with Crippen LogP contribution in [0.1, 0.15) is 125 Å². The molecule has 2 aliphatic carbocycles. The summed E-state index contributed by atoms with van der Waals surface area (Å²) in [5, 5.41) is 29.6. The Morgan fingerprint density at radius 3 is 1.89 bits per heavy atom. The maximum atomic E-state index is 14.3. The smallest absolute Gasteiger partial charge is 0.336 e. The molecule has 1 aromatic rings. The number of benzene rings is 1. The molecule has 0 spiro atoms. The van der Waals surface area contributed by atoms with Gasteiger partial charge in [-0.25, -0.2) is 9.59 Å². The normalized spacial score (nSPS) is 18.9. The van der Waals surface area contributed by atoms with Gasteiger partial charge in [0.1, 0.15) is 30.2 Å². The molecule has 0 aromatic heterocycles. The summed E-state index contributed by atoms with van der Waals surface area (Å²) in [4.78, 5) is 115. The molecule has 1 aliphatic heterocycles. The summed E-state index contributed by atoms with van der Waals surface area (Å²) >= 11 is 0. The van der Waals surface area contributed by atoms with Crippen molar-refractivity contribution in [3.8, 4) is 0 Å². The van der Waals surface area contributed by atoms with Crippen molar-refractivity contribution in [1.82, 2.24) is 26.2 Å². The number of nitro groups is 1. The standard InChI is InChI=1S/C42H60N6O10.CH3NO2/c1-42(2,3)34(47-37(52)29(21-13-14-22-31(49)58-4)44-36(51)27-19-11-12-20-28(27)41(56)57)40(55)48-24-23-30(48)38(53)46-33(26-17-9-6-10-18-26)39(54)45-32(35(43)50)25-15-7-5-8-16-25;1-2(3)4/h11-12,14,19-20,22,25-26,29-30,32-34H,5-10,13,15-18,21,23-24H2,1-4H3,(H2,43,50)(H,44,51)(H,45,54)(H,46,53)(H,47,52)(H,56,57);1H3/b22-14+;/t29-,30-,32-,33-,34+;/m0./s1. The Labute approximate surface area is 361 Å². The highest BCUT2D eigenvalue weighted by atomic mass is 16.6. The van der Waals surface area contributed by atoms with Crippen molar-refractivity contribution in [3.63, 3.8) is 0 Å². The number of carboxylic acids is 1. The fraction of sp³-hybridized carbons (Fsp3) is 0.628. The number of nitrogens with two attached hydrogens (primary N) is 1. The first-order chi connectivity index (χ1) is 29.3. The van der Waals surface area contributed by atoms with Gasteiger partial charge in [0.05, 0.1) is 18.2 Å². The highest BCUT2D eigenvalue weighted by Crippen LogP contribution is 2.31. The number of ether oxygens (including phenoxy) is 1. The molecule has 19 heteroatoms. The van der Waals surface area contributed by atoms with Gasteiger partial charge >= 0.3 is 11.9 Å². The Balaban J connectivity index is 0.00000245. The molecule has 0 bridgehead atoms. The molecule has 1 aromatic carbocycles. The van der Waals surface area contributed by atoms with Gasteiger partial charge in [-0.05, 0) is 74.3 Å². The number of esters is 1. The summed E-state index contributed by atoms with van der Waals surface area (Å²) in [5.41, 5.74) is 4.46. The SMILES string of the molecule is COC(=O)/C=C/CC[C@H](NC(=O)c1ccccc1C(=O)O)C(=O)N[C@H](C(=O)N1CC[C@H]1C(=O)N[C@H](C(=O)N[C@H](C(N)=O)C1CCCCC1)C1CCCCC1)C(C)(C)C.C[N+](=O)[O-]. The molecule has 62 heavy (non-hydrogen) atoms. The van der Waals surface area contributed by atoms with Gasteiger partial charge < -0.3 is 41.7 Å². The van der Waals surface area contributed by atoms with E-state index in [1.807, 2.05) is 0 Å². The van der Waals surface area contributed by atoms with E-state index >= 15 is 0 Å². The molecular weight excluding hydrogens is 807 g/mol. The minimum absolute atomic E-state index is 0.0257. The number of carboxylic acid groups (broad SMARTS) is 1. The van der Waals surface area contributed by atoms with Gasteiger partial charge in [0.15, 0.2) is 7.05 Å². The maximum absolute atomic E-state index is 14.3. The summed E-state index contributed by atoms with van der Waals surface area (Å²) < 4.78 is 4.62. The molecule has 2 saturated carbocycles. The average Bonchev–Trinajstić information content (AvgIpc) is 3.21. The summed E-state index contributed by atoms with van der Waals surface area (Å²) in [6.07, 6.45) is 11.8. The molecule has 1 saturated heterocycles. The predicted octanol–water partition coefficient (Wildman–Crippen LogP) is 2.63. The second-order valence-electron chi connectivity index (χ2n) is 17.1. The number of aromatic carboxylic acids is 1. The van der Waals surface area contributed by atoms with E-state index < -0.39 is 87.9 Å². The van der Waals surface area contributed by atoms with Crippen molar-refractivity contribution in [3.05, 3.63) is 57.7 Å². The summed E-state index contributed by atoms with van der Waals surface area (Å²) in [7, 11) is 2.10. The fourth-order valence-electron chi connectivity index (χ4n) is 8.11. The zero-order chi connectivity index (χ0) is 46.1. The van der Waals surface area contributed by atoms with Crippen LogP contribution in [0.25, 0.3) is 0 Å². The van der Waals surface area contributed by atoms with Crippen LogP contribution < -0.4 is 27.0 Å². The van der Waals surface area contributed by atoms with Crippen LogP contribution >= 0.6 is 0 Å². The Morgan fingerprint density at radius 2 is 1.40 bits per heavy atom. The lowest BCUT2D eigenvalue weighted by molar-refractivity contribution is -0.445. The molecule has 7 N–H and O–H groups in total. The largest absolute Gasteiger partial charge is 0.478 e. The van der Waals surface area contributed by atoms with E-state index in [1.165, 1.54) is 48.4 Å². The fourth-order valence-corrected chi connectivity index (χ4v) is 8.11. The zero-order valence-electron chi connectivity index (χ0n) is 36.3. The third-order valence-electron chi connectivity index (χ3n) is 11.5. The van der Waals surface area contributed by atoms with Gasteiger partial charge in [-0.1, -0.05) is 77.5 Å². The highest BCUT2D eigenvalue weighted by Gasteiger charge is 2.46. The van der Waals surface area contributed by atoms with Crippen LogP contribution in [-0.4, -0.2) is 113 Å². The number of likely N-dealkylation sites (tertiary alicyclic amines) is 1. The number of allylic oxidation sites excluding steroid dienone is 1. The van der Waals surface area contributed by atoms with E-state index in [1.54, 1.807) is 20.8 Å². The molecule has 3 aliphatic rings. The van der Waals surface area contributed by atoms with Crippen molar-refractivity contribution < 1.29 is 53.1 Å². The van der Waals surface area contributed by atoms with E-state index in [4.69, 9.17) is 15.8 Å². The van der Waals surface area contributed by atoms with Crippen molar-refractivity contribution >= 4 is 47.4 Å². The number of carbonyl (C=O) groups is 8. The Hall–Kier alpha value is -5.88. The van der Waals surface area contributed by atoms with Gasteiger partial charge in [0, 0.05) is 17.5 Å². The topological polar surface area (TPSA) is 287 Å². The number of carbonyl (C=O) groups excluding carboxylic acids is 7. The van der Waals surface area contributed by atoms with E-state index in [-0.39, 0.29) is 42.3 Å². The number of rotatable bonds is 17. The molecule has 0 radical (unpaired) electrons. The van der Waals surface area contributed by atoms with Crippen molar-refractivity contribution in [2.75, 3.05) is 20.7 Å². The van der Waals surface area contributed by atoms with E-state index in [0.29, 0.717) is 19.3 Å². The predicted molar refractivity (Wildman–Crippen MR) is 226 cm³/mol. The molecule has 5 atom stereocenters. The average molecular weight is 870 g/mol. The molecule has 1 heterocycles. The minimum atomic E-state index is -1.33. The third-order valence-corrected chi connectivity index (χ3v) is 11.5. The van der Waals surface area contributed by atoms with Crippen LogP contribution in [0.4, 0.5) is 0 Å². The third kappa shape index (κ3) is 14.9. The lowest BCUT2D eigenvalue weighted by Gasteiger charge is -2.45. The van der Waals surface area contributed by atoms with Gasteiger partial charge in [-0.2, -0.15) is 0 Å². The lowest BCUT2D eigenvalue weighted by atomic mass is 9.81. The lowest BCUT2D eigenvalue weighted by Crippen LogP contribution is -2.67. The molecule has 4 rings (SSSR count). The van der Waals surface area contributed by atoms with E-state index in [0.717, 1.165) is 58.4 Å². The van der Waals surface area contributed by atoms with Gasteiger partial charge in [0.25, 0.3) is 5.91 Å². The van der Waals surface area contributed by atoms with Crippen LogP contribution in [0.2, 0.25) is 0 Å². The van der Waals surface area contributed by atoms with Crippen LogP contribution in [0.5, 0.6) is 0 Å². The number of hydrogen-bond acceptors (Lipinski definition) is 11. The second kappa shape index (κ2) is 23.9. The van der Waals surface area contributed by atoms with Crippen LogP contribution in [0.15, 0.2) is 36.4 Å². The first-order valence-electron chi connectivity index (χ1n) is 21.2. The van der Waals surface area contributed by atoms with Crippen molar-refractivity contribution in [2.45, 2.75) is 134 Å². The quantitative estimate of drug-likeness (QED) is 0.0570. The molecule has 3 fully saturated rings. The van der Waals surface area contributed by atoms with Crippen molar-refractivity contribution in [1.29, 1.82) is 0 Å². The number of nitrogens with zero attached hydrogens (tertiary/aromatic N) is 2. The molecule has 0 unspecified atom stereocenters. The first kappa shape index (κ1) is 50.5. The molecule has 19 nitrogen and oxygen atoms in total. The number of amides is 6. The zero-order valence-corrected chi connectivity index (χ0v) is 36.3. The van der Waals surface area contributed by atoms with Gasteiger partial charge in [-0.3, -0.25) is 38.9 Å². The maximum Gasteiger partial charge on any atom is 0.336 e. The summed E-state index contributed by atoms with van der Waals surface area (Å²) in [5.74, 6) is -5.89. The molecule has 342 valence electrons. The first-order valence-corrected chi connectivity index (χ1v) is 21.2. The molecule has 6 amide bonds. The van der Waals surface area contributed by atoms with Crippen LogP contribution in [-0.2, 0) is 33.5 Å². The Bertz CT molecular complexity index is 1810. The van der Waals surface area contributed by atoms with Crippen molar-refractivity contribution in [2.24, 2.45) is 23.0 Å². The van der Waals surface area contributed by atoms with E-state index in [9.17, 15) is 43.5 Å². The van der Waals surface area contributed by atoms with Crippen LogP contribution in [0.3, 0.4) is 0 Å². The number of hydrogen-bond donors (Lipinski definition) is 6.